The van der Waals surface area contributed by atoms with E-state index in [1.807, 2.05) is 17.0 Å². The number of amides is 1. The molecule has 2 aromatic rings. The predicted molar refractivity (Wildman–Crippen MR) is 152 cm³/mol. The van der Waals surface area contributed by atoms with Crippen LogP contribution in [0.25, 0.3) is 0 Å². The van der Waals surface area contributed by atoms with Crippen LogP contribution in [0, 0.1) is 5.41 Å². The van der Waals surface area contributed by atoms with Crippen molar-refractivity contribution in [1.29, 1.82) is 0 Å². The first-order valence-electron chi connectivity index (χ1n) is 14.3. The maximum absolute atomic E-state index is 13.4. The Balaban J connectivity index is 1.55. The lowest BCUT2D eigenvalue weighted by Gasteiger charge is -2.27. The molecule has 0 saturated carbocycles. The fourth-order valence-corrected chi connectivity index (χ4v) is 5.30. The number of hydrogen-bond donors (Lipinski definition) is 0. The molecule has 1 amide bonds. The van der Waals surface area contributed by atoms with Gasteiger partial charge in [0.05, 0.1) is 6.61 Å². The molecule has 0 radical (unpaired) electrons. The highest BCUT2D eigenvalue weighted by atomic mass is 16.5. The van der Waals surface area contributed by atoms with Crippen LogP contribution in [0.4, 0.5) is 0 Å². The molecule has 2 heterocycles. The number of carbonyl (C=O) groups is 1. The van der Waals surface area contributed by atoms with Gasteiger partial charge in [-0.15, -0.1) is 0 Å². The van der Waals surface area contributed by atoms with E-state index in [1.165, 1.54) is 30.4 Å². The van der Waals surface area contributed by atoms with E-state index in [0.717, 1.165) is 88.6 Å². The summed E-state index contributed by atoms with van der Waals surface area (Å²) in [5.41, 5.74) is 4.87. The van der Waals surface area contributed by atoms with Gasteiger partial charge < -0.3 is 14.5 Å². The molecular weight excluding hydrogens is 458 g/mol. The van der Waals surface area contributed by atoms with Crippen molar-refractivity contribution in [2.75, 3.05) is 52.9 Å². The van der Waals surface area contributed by atoms with Crippen molar-refractivity contribution in [3.05, 3.63) is 64.7 Å². The molecule has 0 aromatic heterocycles. The van der Waals surface area contributed by atoms with Crippen LogP contribution < -0.4 is 4.74 Å². The molecule has 0 unspecified atom stereocenters. The van der Waals surface area contributed by atoms with Gasteiger partial charge in [0.25, 0.3) is 5.91 Å². The fourth-order valence-electron chi connectivity index (χ4n) is 5.30. The molecule has 202 valence electrons. The van der Waals surface area contributed by atoms with E-state index in [0.29, 0.717) is 5.41 Å². The molecule has 0 N–H and O–H groups in total. The van der Waals surface area contributed by atoms with E-state index in [2.05, 4.69) is 68.0 Å². The lowest BCUT2D eigenvalue weighted by Crippen LogP contribution is -2.34. The summed E-state index contributed by atoms with van der Waals surface area (Å²) in [4.78, 5) is 20.4. The molecule has 37 heavy (non-hydrogen) atoms. The molecule has 1 saturated heterocycles. The van der Waals surface area contributed by atoms with E-state index in [9.17, 15) is 4.79 Å². The third-order valence-electron chi connectivity index (χ3n) is 7.66. The average molecular weight is 506 g/mol. The van der Waals surface area contributed by atoms with Crippen molar-refractivity contribution < 1.29 is 9.53 Å². The third-order valence-corrected chi connectivity index (χ3v) is 7.66. The molecule has 2 aliphatic rings. The second-order valence-corrected chi connectivity index (χ2v) is 12.3. The third kappa shape index (κ3) is 8.58. The van der Waals surface area contributed by atoms with E-state index in [4.69, 9.17) is 4.74 Å². The van der Waals surface area contributed by atoms with Crippen LogP contribution in [0.1, 0.15) is 79.9 Å². The molecule has 4 rings (SSSR count). The van der Waals surface area contributed by atoms with Crippen molar-refractivity contribution in [3.63, 3.8) is 0 Å². The zero-order valence-electron chi connectivity index (χ0n) is 23.6. The summed E-state index contributed by atoms with van der Waals surface area (Å²) in [5.74, 6) is 1.06. The smallest absolute Gasteiger partial charge is 0.253 e. The van der Waals surface area contributed by atoms with Gasteiger partial charge in [0.15, 0.2) is 0 Å². The highest BCUT2D eigenvalue weighted by Gasteiger charge is 2.21. The van der Waals surface area contributed by atoms with Crippen molar-refractivity contribution >= 4 is 5.91 Å². The Morgan fingerprint density at radius 2 is 1.73 bits per heavy atom. The normalized spacial score (nSPS) is 18.9. The highest BCUT2D eigenvalue weighted by Crippen LogP contribution is 2.26. The zero-order valence-corrected chi connectivity index (χ0v) is 23.6. The van der Waals surface area contributed by atoms with Gasteiger partial charge in [-0.1, -0.05) is 45.0 Å². The summed E-state index contributed by atoms with van der Waals surface area (Å²) < 4.78 is 6.29. The zero-order chi connectivity index (χ0) is 26.3. The number of nitrogens with zero attached hydrogens (tertiary/aromatic N) is 3. The van der Waals surface area contributed by atoms with Gasteiger partial charge in [-0.2, -0.15) is 0 Å². The monoisotopic (exact) mass is 505 g/mol. The van der Waals surface area contributed by atoms with Gasteiger partial charge in [-0.25, -0.2) is 0 Å². The standard InChI is InChI=1S/C32H47N3O2/c1-32(2,3)14-18-34-16-6-5-7-21-37-30-13-12-28(31(36)35-17-9-15-33(4)19-20-35)24-29(30)23-26-10-8-11-27(22-26)25-34/h8,10-13,22,24H,5-7,9,14-21,23,25H2,1-4H3. The van der Waals surface area contributed by atoms with Gasteiger partial charge >= 0.3 is 0 Å². The summed E-state index contributed by atoms with van der Waals surface area (Å²) in [7, 11) is 2.13. The minimum Gasteiger partial charge on any atom is -0.493 e. The molecular formula is C32H47N3O2. The van der Waals surface area contributed by atoms with Crippen LogP contribution in [-0.2, 0) is 13.0 Å². The summed E-state index contributed by atoms with van der Waals surface area (Å²) in [6, 6.07) is 15.1. The van der Waals surface area contributed by atoms with E-state index >= 15 is 0 Å². The van der Waals surface area contributed by atoms with Gasteiger partial charge in [0, 0.05) is 38.2 Å². The quantitative estimate of drug-likeness (QED) is 0.524. The number of carbonyl (C=O) groups excluding carboxylic acids is 1. The number of fused-ring (bicyclic) bond motifs is 3. The van der Waals surface area contributed by atoms with Gasteiger partial charge in [-0.3, -0.25) is 9.69 Å². The minimum absolute atomic E-state index is 0.140. The molecule has 0 atom stereocenters. The van der Waals surface area contributed by atoms with Crippen molar-refractivity contribution in [2.24, 2.45) is 5.41 Å². The van der Waals surface area contributed by atoms with Crippen LogP contribution >= 0.6 is 0 Å². The lowest BCUT2D eigenvalue weighted by atomic mass is 9.92. The maximum atomic E-state index is 13.4. The number of benzene rings is 2. The van der Waals surface area contributed by atoms with Crippen molar-refractivity contribution in [2.45, 2.75) is 65.8 Å². The SMILES string of the molecule is CN1CCCN(C(=O)c2ccc3c(c2)Cc2cccc(c2)CN(CCC(C)(C)C)CCCCCO3)CC1. The van der Waals surface area contributed by atoms with E-state index in [1.54, 1.807) is 0 Å². The first kappa shape index (κ1) is 27.7. The molecule has 2 bridgehead atoms. The van der Waals surface area contributed by atoms with E-state index in [-0.39, 0.29) is 5.91 Å². The average Bonchev–Trinajstić information content (AvgIpc) is 3.08. The summed E-state index contributed by atoms with van der Waals surface area (Å²) in [5, 5.41) is 0. The van der Waals surface area contributed by atoms with Gasteiger partial charge in [0.2, 0.25) is 0 Å². The van der Waals surface area contributed by atoms with Crippen LogP contribution in [0.2, 0.25) is 0 Å². The molecule has 2 aliphatic heterocycles. The van der Waals surface area contributed by atoms with Crippen molar-refractivity contribution in [3.8, 4) is 5.75 Å². The Morgan fingerprint density at radius 1 is 0.892 bits per heavy atom. The second kappa shape index (κ2) is 12.9. The second-order valence-electron chi connectivity index (χ2n) is 12.3. The Labute approximate surface area is 224 Å². The van der Waals surface area contributed by atoms with Crippen LogP contribution in [0.3, 0.4) is 0 Å². The highest BCUT2D eigenvalue weighted by molar-refractivity contribution is 5.94. The molecule has 5 nitrogen and oxygen atoms in total. The Morgan fingerprint density at radius 3 is 2.57 bits per heavy atom. The molecule has 1 fully saturated rings. The first-order chi connectivity index (χ1) is 17.8. The maximum Gasteiger partial charge on any atom is 0.253 e. The van der Waals surface area contributed by atoms with Crippen LogP contribution in [-0.4, -0.2) is 73.5 Å². The first-order valence-corrected chi connectivity index (χ1v) is 14.3. The number of likely N-dealkylation sites (N-methyl/N-ethyl adjacent to an activating group) is 1. The molecule has 0 aliphatic carbocycles. The van der Waals surface area contributed by atoms with E-state index < -0.39 is 0 Å². The Kier molecular flexibility index (Phi) is 9.66. The molecule has 2 aromatic carbocycles. The van der Waals surface area contributed by atoms with Crippen LogP contribution in [0.15, 0.2) is 42.5 Å². The van der Waals surface area contributed by atoms with Gasteiger partial charge in [0.1, 0.15) is 5.75 Å². The van der Waals surface area contributed by atoms with Crippen molar-refractivity contribution in [1.82, 2.24) is 14.7 Å². The molecule has 5 heteroatoms. The Hall–Kier alpha value is -2.37. The Bertz CT molecular complexity index is 1030. The van der Waals surface area contributed by atoms with Gasteiger partial charge in [-0.05, 0) is 99.1 Å². The number of hydrogen-bond acceptors (Lipinski definition) is 4. The minimum atomic E-state index is 0.140. The lowest BCUT2D eigenvalue weighted by molar-refractivity contribution is 0.0762. The summed E-state index contributed by atoms with van der Waals surface area (Å²) in [6.45, 7) is 14.6. The topological polar surface area (TPSA) is 36.0 Å². The largest absolute Gasteiger partial charge is 0.493 e. The number of rotatable bonds is 3. The van der Waals surface area contributed by atoms with Crippen LogP contribution in [0.5, 0.6) is 5.75 Å². The fraction of sp³-hybridized carbons (Fsp3) is 0.594. The summed E-state index contributed by atoms with van der Waals surface area (Å²) >= 11 is 0. The number of ether oxygens (including phenoxy) is 1. The predicted octanol–water partition coefficient (Wildman–Crippen LogP) is 5.86. The summed E-state index contributed by atoms with van der Waals surface area (Å²) in [6.07, 6.45) is 6.41. The molecule has 0 spiro atoms.